The Hall–Kier alpha value is -1.35. The Balaban J connectivity index is 2.64. The molecule has 1 aromatic heterocycles. The van der Waals surface area contributed by atoms with Crippen LogP contribution in [0.1, 0.15) is 18.4 Å². The molecule has 0 aliphatic carbocycles. The Bertz CT molecular complexity index is 490. The maximum Gasteiger partial charge on any atom is 0.127 e. The lowest BCUT2D eigenvalue weighted by atomic mass is 10.0. The van der Waals surface area contributed by atoms with E-state index >= 15 is 0 Å². The SMILES string of the molecule is CC(CO)c1cc2c(ccn2C)cc1F. The van der Waals surface area contributed by atoms with E-state index in [9.17, 15) is 4.39 Å². The van der Waals surface area contributed by atoms with Crippen molar-refractivity contribution in [2.45, 2.75) is 12.8 Å². The number of halogens is 1. The van der Waals surface area contributed by atoms with Gasteiger partial charge in [0.05, 0.1) is 0 Å². The van der Waals surface area contributed by atoms with Crippen molar-refractivity contribution in [2.24, 2.45) is 7.05 Å². The van der Waals surface area contributed by atoms with Crippen molar-refractivity contribution in [1.82, 2.24) is 4.57 Å². The van der Waals surface area contributed by atoms with Crippen LogP contribution < -0.4 is 0 Å². The molecule has 2 aromatic rings. The molecule has 0 bridgehead atoms. The zero-order valence-corrected chi connectivity index (χ0v) is 8.87. The predicted octanol–water partition coefficient (Wildman–Crippen LogP) is 2.41. The normalized spacial score (nSPS) is 13.3. The number of benzene rings is 1. The third-order valence-electron chi connectivity index (χ3n) is 2.81. The monoisotopic (exact) mass is 207 g/mol. The van der Waals surface area contributed by atoms with E-state index < -0.39 is 0 Å². The summed E-state index contributed by atoms with van der Waals surface area (Å²) in [7, 11) is 1.92. The van der Waals surface area contributed by atoms with Gasteiger partial charge >= 0.3 is 0 Å². The van der Waals surface area contributed by atoms with Gasteiger partial charge in [-0.25, -0.2) is 4.39 Å². The first kappa shape index (κ1) is 10.2. The molecule has 2 nitrogen and oxygen atoms in total. The molecule has 0 spiro atoms. The van der Waals surface area contributed by atoms with Gasteiger partial charge in [0, 0.05) is 36.7 Å². The number of aromatic nitrogens is 1. The molecule has 15 heavy (non-hydrogen) atoms. The van der Waals surface area contributed by atoms with Gasteiger partial charge in [-0.15, -0.1) is 0 Å². The lowest BCUT2D eigenvalue weighted by Crippen LogP contribution is -2.02. The molecule has 80 valence electrons. The van der Waals surface area contributed by atoms with Crippen LogP contribution in [0.25, 0.3) is 10.9 Å². The summed E-state index contributed by atoms with van der Waals surface area (Å²) in [5.74, 6) is -0.403. The van der Waals surface area contributed by atoms with E-state index in [0.717, 1.165) is 10.9 Å². The lowest BCUT2D eigenvalue weighted by Gasteiger charge is -2.10. The third-order valence-corrected chi connectivity index (χ3v) is 2.81. The molecule has 0 amide bonds. The van der Waals surface area contributed by atoms with Crippen molar-refractivity contribution in [3.05, 3.63) is 35.8 Å². The number of hydrogen-bond acceptors (Lipinski definition) is 1. The van der Waals surface area contributed by atoms with Crippen molar-refractivity contribution in [2.75, 3.05) is 6.61 Å². The summed E-state index contributed by atoms with van der Waals surface area (Å²) in [4.78, 5) is 0. The van der Waals surface area contributed by atoms with E-state index in [-0.39, 0.29) is 18.3 Å². The van der Waals surface area contributed by atoms with E-state index in [2.05, 4.69) is 0 Å². The molecule has 1 heterocycles. The molecule has 0 saturated heterocycles. The van der Waals surface area contributed by atoms with Crippen molar-refractivity contribution in [1.29, 1.82) is 0 Å². The Morgan fingerprint density at radius 2 is 2.20 bits per heavy atom. The van der Waals surface area contributed by atoms with Gasteiger partial charge in [-0.3, -0.25) is 0 Å². The molecule has 0 aliphatic heterocycles. The Morgan fingerprint density at radius 1 is 1.47 bits per heavy atom. The average Bonchev–Trinajstić information content (AvgIpc) is 2.58. The van der Waals surface area contributed by atoms with Crippen LogP contribution in [0.3, 0.4) is 0 Å². The largest absolute Gasteiger partial charge is 0.396 e. The first-order valence-corrected chi connectivity index (χ1v) is 4.99. The quantitative estimate of drug-likeness (QED) is 0.803. The van der Waals surface area contributed by atoms with Crippen LogP contribution in [-0.4, -0.2) is 16.3 Å². The first-order chi connectivity index (χ1) is 7.13. The number of nitrogens with zero attached hydrogens (tertiary/aromatic N) is 1. The second kappa shape index (κ2) is 3.66. The van der Waals surface area contributed by atoms with Crippen LogP contribution in [0.15, 0.2) is 24.4 Å². The lowest BCUT2D eigenvalue weighted by molar-refractivity contribution is 0.270. The van der Waals surface area contributed by atoms with E-state index in [1.165, 1.54) is 6.07 Å². The molecule has 0 aliphatic rings. The van der Waals surface area contributed by atoms with Gasteiger partial charge in [0.25, 0.3) is 0 Å². The second-order valence-corrected chi connectivity index (χ2v) is 3.94. The minimum absolute atomic E-state index is 0.0349. The highest BCUT2D eigenvalue weighted by Gasteiger charge is 2.12. The fraction of sp³-hybridized carbons (Fsp3) is 0.333. The Labute approximate surface area is 88.0 Å². The Kier molecular flexibility index (Phi) is 2.49. The third kappa shape index (κ3) is 1.63. The second-order valence-electron chi connectivity index (χ2n) is 3.94. The Morgan fingerprint density at radius 3 is 2.87 bits per heavy atom. The average molecular weight is 207 g/mol. The first-order valence-electron chi connectivity index (χ1n) is 4.99. The smallest absolute Gasteiger partial charge is 0.127 e. The molecule has 1 atom stereocenters. The van der Waals surface area contributed by atoms with Gasteiger partial charge in [-0.2, -0.15) is 0 Å². The fourth-order valence-corrected chi connectivity index (χ4v) is 1.78. The van der Waals surface area contributed by atoms with Gasteiger partial charge < -0.3 is 9.67 Å². The summed E-state index contributed by atoms with van der Waals surface area (Å²) in [5.41, 5.74) is 1.57. The summed E-state index contributed by atoms with van der Waals surface area (Å²) >= 11 is 0. The van der Waals surface area contributed by atoms with Crippen LogP contribution in [0, 0.1) is 5.82 Å². The van der Waals surface area contributed by atoms with E-state index in [1.807, 2.05) is 36.9 Å². The standard InChI is InChI=1S/C12H14FNO/c1-8(7-15)10-6-12-9(5-11(10)13)3-4-14(12)2/h3-6,8,15H,7H2,1-2H3. The van der Waals surface area contributed by atoms with Crippen LogP contribution in [0.4, 0.5) is 4.39 Å². The molecule has 2 rings (SSSR count). The molecule has 1 N–H and O–H groups in total. The highest BCUT2D eigenvalue weighted by atomic mass is 19.1. The van der Waals surface area contributed by atoms with E-state index in [1.54, 1.807) is 0 Å². The van der Waals surface area contributed by atoms with Gasteiger partial charge in [0.2, 0.25) is 0 Å². The topological polar surface area (TPSA) is 25.2 Å². The van der Waals surface area contributed by atoms with Crippen molar-refractivity contribution < 1.29 is 9.50 Å². The summed E-state index contributed by atoms with van der Waals surface area (Å²) in [6, 6.07) is 5.22. The van der Waals surface area contributed by atoms with Crippen molar-refractivity contribution >= 4 is 10.9 Å². The molecular weight excluding hydrogens is 193 g/mol. The maximum atomic E-state index is 13.6. The van der Waals surface area contributed by atoms with Gasteiger partial charge in [0.1, 0.15) is 5.82 Å². The minimum atomic E-state index is -0.241. The number of aliphatic hydroxyl groups excluding tert-OH is 1. The number of fused-ring (bicyclic) bond motifs is 1. The van der Waals surface area contributed by atoms with Crippen molar-refractivity contribution in [3.63, 3.8) is 0 Å². The summed E-state index contributed by atoms with van der Waals surface area (Å²) < 4.78 is 15.6. The van der Waals surface area contributed by atoms with Crippen molar-refractivity contribution in [3.8, 4) is 0 Å². The summed E-state index contributed by atoms with van der Waals surface area (Å²) in [6.07, 6.45) is 1.90. The maximum absolute atomic E-state index is 13.6. The van der Waals surface area contributed by atoms with Crippen LogP contribution >= 0.6 is 0 Å². The zero-order valence-electron chi connectivity index (χ0n) is 8.87. The molecule has 3 heteroatoms. The van der Waals surface area contributed by atoms with Crippen LogP contribution in [-0.2, 0) is 7.05 Å². The number of hydrogen-bond donors (Lipinski definition) is 1. The molecule has 0 saturated carbocycles. The minimum Gasteiger partial charge on any atom is -0.396 e. The predicted molar refractivity (Wildman–Crippen MR) is 58.4 cm³/mol. The number of aryl methyl sites for hydroxylation is 1. The fourth-order valence-electron chi connectivity index (χ4n) is 1.78. The zero-order chi connectivity index (χ0) is 11.0. The molecule has 1 aromatic carbocycles. The highest BCUT2D eigenvalue weighted by molar-refractivity contribution is 5.81. The summed E-state index contributed by atoms with van der Waals surface area (Å²) in [5, 5.41) is 9.92. The summed E-state index contributed by atoms with van der Waals surface area (Å²) in [6.45, 7) is 1.78. The number of rotatable bonds is 2. The van der Waals surface area contributed by atoms with Gasteiger partial charge in [-0.1, -0.05) is 6.92 Å². The van der Waals surface area contributed by atoms with Crippen LogP contribution in [0.2, 0.25) is 0 Å². The molecule has 0 fully saturated rings. The highest BCUT2D eigenvalue weighted by Crippen LogP contribution is 2.25. The number of aliphatic hydroxyl groups is 1. The molecule has 1 unspecified atom stereocenters. The van der Waals surface area contributed by atoms with Gasteiger partial charge in [0.15, 0.2) is 0 Å². The van der Waals surface area contributed by atoms with Crippen LogP contribution in [0.5, 0.6) is 0 Å². The van der Waals surface area contributed by atoms with Gasteiger partial charge in [-0.05, 0) is 23.8 Å². The van der Waals surface area contributed by atoms with E-state index in [4.69, 9.17) is 5.11 Å². The van der Waals surface area contributed by atoms with E-state index in [0.29, 0.717) is 5.56 Å². The molecular formula is C12H14FNO. The molecule has 0 radical (unpaired) electrons.